The zero-order valence-corrected chi connectivity index (χ0v) is 21.3. The molecular weight excluding hydrogens is 466 g/mol. The highest BCUT2D eigenvalue weighted by Gasteiger charge is 2.27. The molecule has 1 atom stereocenters. The third-order valence-electron chi connectivity index (χ3n) is 6.12. The Morgan fingerprint density at radius 3 is 2.43 bits per heavy atom. The summed E-state index contributed by atoms with van der Waals surface area (Å²) in [5, 5.41) is 13.8. The normalized spacial score (nSPS) is 11.2. The molecule has 37 heavy (non-hydrogen) atoms. The molecule has 3 aromatic carbocycles. The average Bonchev–Trinajstić information content (AvgIpc) is 2.94. The number of nitrogens with zero attached hydrogens (tertiary/aromatic N) is 2. The lowest BCUT2D eigenvalue weighted by molar-refractivity contribution is -0.120. The van der Waals surface area contributed by atoms with Crippen LogP contribution in [-0.4, -0.2) is 49.0 Å². The maximum atomic E-state index is 13.5. The third kappa shape index (κ3) is 7.32. The van der Waals surface area contributed by atoms with E-state index in [1.165, 1.54) is 4.90 Å². The van der Waals surface area contributed by atoms with Crippen LogP contribution in [0.25, 0.3) is 12.2 Å². The first-order chi connectivity index (χ1) is 17.9. The number of anilines is 1. The standard InChI is InChI=1S/C30H33N3O4/c1-5-22-10-9-11-23(20-22)21-28(29(34)32(3)26-14-16-27(37-4)17-15-26)31-30(35)33(36)19-18-25-13-8-7-12-24(25)6-2/h5-17,20,28,36H,1-2,18-19,21H2,3-4H3,(H,31,35). The maximum Gasteiger partial charge on any atom is 0.341 e. The lowest BCUT2D eigenvalue weighted by Crippen LogP contribution is -2.52. The van der Waals surface area contributed by atoms with Crippen LogP contribution in [0.15, 0.2) is 86.0 Å². The van der Waals surface area contributed by atoms with Crippen molar-refractivity contribution >= 4 is 29.8 Å². The SMILES string of the molecule is C=Cc1cccc(CC(NC(=O)N(O)CCc2ccccc2C=C)C(=O)N(C)c2ccc(OC)cc2)c1. The summed E-state index contributed by atoms with van der Waals surface area (Å²) >= 11 is 0. The van der Waals surface area contributed by atoms with Gasteiger partial charge in [0, 0.05) is 19.2 Å². The van der Waals surface area contributed by atoms with Crippen molar-refractivity contribution in [3.05, 3.63) is 108 Å². The first-order valence-corrected chi connectivity index (χ1v) is 12.0. The number of carbonyl (C=O) groups is 2. The summed E-state index contributed by atoms with van der Waals surface area (Å²) in [6.07, 6.45) is 4.12. The predicted octanol–water partition coefficient (Wildman–Crippen LogP) is 5.20. The van der Waals surface area contributed by atoms with Crippen LogP contribution in [0.1, 0.15) is 22.3 Å². The molecule has 0 aliphatic carbocycles. The van der Waals surface area contributed by atoms with E-state index in [9.17, 15) is 14.8 Å². The lowest BCUT2D eigenvalue weighted by atomic mass is 10.0. The van der Waals surface area contributed by atoms with Crippen molar-refractivity contribution in [2.45, 2.75) is 18.9 Å². The van der Waals surface area contributed by atoms with Crippen molar-refractivity contribution in [2.75, 3.05) is 25.6 Å². The smallest absolute Gasteiger partial charge is 0.341 e. The first-order valence-electron chi connectivity index (χ1n) is 12.0. The van der Waals surface area contributed by atoms with Gasteiger partial charge in [-0.2, -0.15) is 0 Å². The lowest BCUT2D eigenvalue weighted by Gasteiger charge is -2.26. The fraction of sp³-hybridized carbons (Fsp3) is 0.200. The van der Waals surface area contributed by atoms with Crippen LogP contribution in [0, 0.1) is 0 Å². The molecule has 3 amide bonds. The minimum atomic E-state index is -0.922. The molecular formula is C30H33N3O4. The zero-order valence-electron chi connectivity index (χ0n) is 21.3. The molecule has 0 fully saturated rings. The van der Waals surface area contributed by atoms with Gasteiger partial charge in [-0.25, -0.2) is 9.86 Å². The molecule has 0 saturated carbocycles. The van der Waals surface area contributed by atoms with Crippen LogP contribution in [0.4, 0.5) is 10.5 Å². The summed E-state index contributed by atoms with van der Waals surface area (Å²) in [7, 11) is 3.22. The number of hydrogen-bond acceptors (Lipinski definition) is 4. The van der Waals surface area contributed by atoms with Gasteiger partial charge in [-0.1, -0.05) is 73.8 Å². The molecule has 0 spiro atoms. The van der Waals surface area contributed by atoms with Crippen LogP contribution in [0.5, 0.6) is 5.75 Å². The van der Waals surface area contributed by atoms with Gasteiger partial charge in [-0.3, -0.25) is 10.0 Å². The van der Waals surface area contributed by atoms with Crippen LogP contribution < -0.4 is 15.0 Å². The molecule has 0 bridgehead atoms. The minimum Gasteiger partial charge on any atom is -0.497 e. The highest BCUT2D eigenvalue weighted by molar-refractivity contribution is 5.98. The van der Waals surface area contributed by atoms with E-state index in [0.29, 0.717) is 22.9 Å². The van der Waals surface area contributed by atoms with Gasteiger partial charge in [0.15, 0.2) is 0 Å². The fourth-order valence-corrected chi connectivity index (χ4v) is 3.96. The number of ether oxygens (including phenoxy) is 1. The number of urea groups is 1. The number of likely N-dealkylation sites (N-methyl/N-ethyl adjacent to an activating group) is 1. The maximum absolute atomic E-state index is 13.5. The molecule has 7 nitrogen and oxygen atoms in total. The first kappa shape index (κ1) is 27.2. The zero-order chi connectivity index (χ0) is 26.8. The van der Waals surface area contributed by atoms with Crippen LogP contribution in [0.3, 0.4) is 0 Å². The summed E-state index contributed by atoms with van der Waals surface area (Å²) in [6, 6.07) is 20.6. The topological polar surface area (TPSA) is 82.1 Å². The molecule has 0 radical (unpaired) electrons. The van der Waals surface area contributed by atoms with Gasteiger partial charge in [0.05, 0.1) is 13.7 Å². The molecule has 1 unspecified atom stereocenters. The highest BCUT2D eigenvalue weighted by Crippen LogP contribution is 2.20. The Balaban J connectivity index is 1.77. The summed E-state index contributed by atoms with van der Waals surface area (Å²) < 4.78 is 5.20. The molecule has 0 heterocycles. The molecule has 7 heteroatoms. The molecule has 0 aliphatic heterocycles. The monoisotopic (exact) mass is 499 g/mol. The number of carbonyl (C=O) groups excluding carboxylic acids is 2. The summed E-state index contributed by atoms with van der Waals surface area (Å²) in [5.74, 6) is 0.345. The second-order valence-electron chi connectivity index (χ2n) is 8.53. The van der Waals surface area contributed by atoms with Gasteiger partial charge in [0.2, 0.25) is 5.91 Å². The molecule has 192 valence electrons. The number of rotatable bonds is 11. The van der Waals surface area contributed by atoms with E-state index in [2.05, 4.69) is 18.5 Å². The molecule has 0 saturated heterocycles. The largest absolute Gasteiger partial charge is 0.497 e. The van der Waals surface area contributed by atoms with E-state index >= 15 is 0 Å². The predicted molar refractivity (Wildman–Crippen MR) is 148 cm³/mol. The van der Waals surface area contributed by atoms with Crippen LogP contribution in [-0.2, 0) is 17.6 Å². The second-order valence-corrected chi connectivity index (χ2v) is 8.53. The summed E-state index contributed by atoms with van der Waals surface area (Å²) in [5.41, 5.74) is 4.29. The molecule has 3 aromatic rings. The van der Waals surface area contributed by atoms with Gasteiger partial charge < -0.3 is 15.0 Å². The van der Waals surface area contributed by atoms with Crippen molar-refractivity contribution in [2.24, 2.45) is 0 Å². The third-order valence-corrected chi connectivity index (χ3v) is 6.12. The Kier molecular flexibility index (Phi) is 9.63. The van der Waals surface area contributed by atoms with Crippen LogP contribution in [0.2, 0.25) is 0 Å². The van der Waals surface area contributed by atoms with E-state index in [4.69, 9.17) is 4.74 Å². The number of amides is 3. The van der Waals surface area contributed by atoms with Crippen molar-refractivity contribution < 1.29 is 19.5 Å². The Bertz CT molecular complexity index is 1240. The fourth-order valence-electron chi connectivity index (χ4n) is 3.96. The second kappa shape index (κ2) is 13.1. The van der Waals surface area contributed by atoms with Crippen LogP contribution >= 0.6 is 0 Å². The van der Waals surface area contributed by atoms with Gasteiger partial charge in [0.25, 0.3) is 0 Å². The average molecular weight is 500 g/mol. The Labute approximate surface area is 218 Å². The van der Waals surface area contributed by atoms with E-state index in [1.54, 1.807) is 50.6 Å². The molecule has 2 N–H and O–H groups in total. The molecule has 0 aliphatic rings. The van der Waals surface area contributed by atoms with Gasteiger partial charge in [-0.05, 0) is 52.9 Å². The number of hydroxylamine groups is 2. The number of nitrogens with one attached hydrogen (secondary N) is 1. The van der Waals surface area contributed by atoms with Crippen molar-refractivity contribution in [1.29, 1.82) is 0 Å². The van der Waals surface area contributed by atoms with E-state index in [0.717, 1.165) is 22.3 Å². The van der Waals surface area contributed by atoms with Gasteiger partial charge >= 0.3 is 6.03 Å². The van der Waals surface area contributed by atoms with Gasteiger partial charge in [0.1, 0.15) is 11.8 Å². The van der Waals surface area contributed by atoms with E-state index < -0.39 is 12.1 Å². The van der Waals surface area contributed by atoms with Crippen molar-refractivity contribution in [3.8, 4) is 5.75 Å². The Morgan fingerprint density at radius 2 is 1.76 bits per heavy atom. The van der Waals surface area contributed by atoms with E-state index in [1.807, 2.05) is 48.5 Å². The number of benzene rings is 3. The van der Waals surface area contributed by atoms with Crippen molar-refractivity contribution in [1.82, 2.24) is 10.4 Å². The van der Waals surface area contributed by atoms with Crippen molar-refractivity contribution in [3.63, 3.8) is 0 Å². The quantitative estimate of drug-likeness (QED) is 0.281. The Morgan fingerprint density at radius 1 is 1.03 bits per heavy atom. The van der Waals surface area contributed by atoms with Gasteiger partial charge in [-0.15, -0.1) is 0 Å². The minimum absolute atomic E-state index is 0.0534. The summed E-state index contributed by atoms with van der Waals surface area (Å²) in [4.78, 5) is 27.9. The highest BCUT2D eigenvalue weighted by atomic mass is 16.5. The van der Waals surface area contributed by atoms with E-state index in [-0.39, 0.29) is 18.9 Å². The number of hydrogen-bond donors (Lipinski definition) is 2. The molecule has 3 rings (SSSR count). The Hall–Kier alpha value is -4.36. The molecule has 0 aromatic heterocycles. The number of methoxy groups -OCH3 is 1. The summed E-state index contributed by atoms with van der Waals surface area (Å²) in [6.45, 7) is 7.66.